The van der Waals surface area contributed by atoms with Gasteiger partial charge in [0.05, 0.1) is 13.2 Å². The quantitative estimate of drug-likeness (QED) is 0.844. The smallest absolute Gasteiger partial charge is 0.0684 e. The molecule has 1 N–H and O–H groups in total. The van der Waals surface area contributed by atoms with Crippen molar-refractivity contribution in [2.24, 2.45) is 5.92 Å². The van der Waals surface area contributed by atoms with Crippen LogP contribution < -0.4 is 0 Å². The van der Waals surface area contributed by atoms with E-state index in [0.717, 1.165) is 25.2 Å². The van der Waals surface area contributed by atoms with E-state index >= 15 is 0 Å². The first-order valence-corrected chi connectivity index (χ1v) is 5.76. The fraction of sp³-hybridized carbons (Fsp3) is 0.429. The third-order valence-electron chi connectivity index (χ3n) is 3.17. The molecule has 2 nitrogen and oxygen atoms in total. The number of aliphatic hydroxyl groups is 1. The molecule has 0 radical (unpaired) electrons. The highest BCUT2D eigenvalue weighted by Gasteiger charge is 2.11. The molecule has 86 valence electrons. The molecule has 1 atom stereocenters. The summed E-state index contributed by atoms with van der Waals surface area (Å²) in [6.45, 7) is 3.89. The summed E-state index contributed by atoms with van der Waals surface area (Å²) < 4.78 is 5.33. The maximum absolute atomic E-state index is 9.18. The van der Waals surface area contributed by atoms with Gasteiger partial charge in [0, 0.05) is 12.5 Å². The van der Waals surface area contributed by atoms with Crippen LogP contribution in [0.3, 0.4) is 0 Å². The van der Waals surface area contributed by atoms with Crippen molar-refractivity contribution in [1.82, 2.24) is 0 Å². The third kappa shape index (κ3) is 2.52. The van der Waals surface area contributed by atoms with Crippen LogP contribution in [-0.2, 0) is 11.3 Å². The van der Waals surface area contributed by atoms with Gasteiger partial charge in [-0.25, -0.2) is 0 Å². The van der Waals surface area contributed by atoms with Gasteiger partial charge in [0.15, 0.2) is 0 Å². The molecular weight excluding hydrogens is 200 g/mol. The molecule has 1 heterocycles. The van der Waals surface area contributed by atoms with Gasteiger partial charge in [-0.15, -0.1) is 0 Å². The van der Waals surface area contributed by atoms with Gasteiger partial charge in [-0.2, -0.15) is 0 Å². The molecule has 2 rings (SSSR count). The molecule has 0 amide bonds. The van der Waals surface area contributed by atoms with Crippen LogP contribution >= 0.6 is 0 Å². The fourth-order valence-corrected chi connectivity index (χ4v) is 2.00. The molecular formula is C14H18O2. The van der Waals surface area contributed by atoms with Crippen molar-refractivity contribution in [2.45, 2.75) is 20.0 Å². The summed E-state index contributed by atoms with van der Waals surface area (Å²) in [5.74, 6) is 0.553. The average molecular weight is 218 g/mol. The Morgan fingerprint density at radius 1 is 1.50 bits per heavy atom. The zero-order valence-electron chi connectivity index (χ0n) is 9.65. The molecule has 1 unspecified atom stereocenters. The fourth-order valence-electron chi connectivity index (χ4n) is 2.00. The van der Waals surface area contributed by atoms with E-state index in [-0.39, 0.29) is 6.61 Å². The molecule has 1 aromatic rings. The average Bonchev–Trinajstić information content (AvgIpc) is 2.81. The molecule has 1 fully saturated rings. The van der Waals surface area contributed by atoms with Crippen LogP contribution in [0.15, 0.2) is 24.3 Å². The van der Waals surface area contributed by atoms with Crippen molar-refractivity contribution >= 4 is 6.08 Å². The second kappa shape index (κ2) is 5.28. The predicted octanol–water partition coefficient (Wildman–Crippen LogP) is 2.54. The largest absolute Gasteiger partial charge is 0.392 e. The highest BCUT2D eigenvalue weighted by molar-refractivity contribution is 5.55. The molecule has 0 bridgehead atoms. The Morgan fingerprint density at radius 3 is 3.06 bits per heavy atom. The molecule has 0 aromatic heterocycles. The molecule has 1 saturated heterocycles. The lowest BCUT2D eigenvalue weighted by Gasteiger charge is -2.06. The normalized spacial score (nSPS) is 20.8. The van der Waals surface area contributed by atoms with Crippen LogP contribution in [0.1, 0.15) is 23.1 Å². The number of rotatable bonds is 3. The first-order chi connectivity index (χ1) is 7.81. The van der Waals surface area contributed by atoms with E-state index in [4.69, 9.17) is 4.74 Å². The summed E-state index contributed by atoms with van der Waals surface area (Å²) in [6, 6.07) is 6.04. The second-order valence-electron chi connectivity index (χ2n) is 4.27. The van der Waals surface area contributed by atoms with Crippen molar-refractivity contribution in [2.75, 3.05) is 13.2 Å². The van der Waals surface area contributed by atoms with Gasteiger partial charge < -0.3 is 9.84 Å². The zero-order chi connectivity index (χ0) is 11.4. The van der Waals surface area contributed by atoms with E-state index in [1.54, 1.807) is 0 Å². The van der Waals surface area contributed by atoms with Gasteiger partial charge in [-0.05, 0) is 30.0 Å². The number of hydrogen-bond donors (Lipinski definition) is 1. The van der Waals surface area contributed by atoms with E-state index in [0.29, 0.717) is 5.92 Å². The Morgan fingerprint density at radius 2 is 2.38 bits per heavy atom. The van der Waals surface area contributed by atoms with E-state index in [1.165, 1.54) is 11.1 Å². The molecule has 0 spiro atoms. The highest BCUT2D eigenvalue weighted by Crippen LogP contribution is 2.19. The molecule has 16 heavy (non-hydrogen) atoms. The highest BCUT2D eigenvalue weighted by atomic mass is 16.5. The Hall–Kier alpha value is -1.12. The van der Waals surface area contributed by atoms with E-state index in [2.05, 4.69) is 25.1 Å². The number of hydrogen-bond acceptors (Lipinski definition) is 2. The number of ether oxygens (including phenoxy) is 1. The Kier molecular flexibility index (Phi) is 3.75. The maximum Gasteiger partial charge on any atom is 0.0684 e. The van der Waals surface area contributed by atoms with E-state index in [1.807, 2.05) is 12.1 Å². The summed E-state index contributed by atoms with van der Waals surface area (Å²) in [5.41, 5.74) is 3.36. The first-order valence-electron chi connectivity index (χ1n) is 5.76. The summed E-state index contributed by atoms with van der Waals surface area (Å²) in [4.78, 5) is 0. The minimum Gasteiger partial charge on any atom is -0.392 e. The lowest BCUT2D eigenvalue weighted by molar-refractivity contribution is 0.191. The van der Waals surface area contributed by atoms with Gasteiger partial charge in [0.2, 0.25) is 0 Å². The zero-order valence-corrected chi connectivity index (χ0v) is 9.65. The topological polar surface area (TPSA) is 29.5 Å². The van der Waals surface area contributed by atoms with Gasteiger partial charge in [0.1, 0.15) is 0 Å². The van der Waals surface area contributed by atoms with Crippen LogP contribution in [-0.4, -0.2) is 18.3 Å². The summed E-state index contributed by atoms with van der Waals surface area (Å²) in [6.07, 6.45) is 5.49. The Bertz CT molecular complexity index is 376. The van der Waals surface area contributed by atoms with Crippen LogP contribution in [0.25, 0.3) is 6.08 Å². The second-order valence-corrected chi connectivity index (χ2v) is 4.27. The van der Waals surface area contributed by atoms with Crippen LogP contribution in [0, 0.1) is 12.8 Å². The van der Waals surface area contributed by atoms with Gasteiger partial charge in [-0.3, -0.25) is 0 Å². The monoisotopic (exact) mass is 218 g/mol. The van der Waals surface area contributed by atoms with Gasteiger partial charge in [-0.1, -0.05) is 30.4 Å². The molecule has 0 aliphatic carbocycles. The molecule has 1 aliphatic heterocycles. The van der Waals surface area contributed by atoms with E-state index < -0.39 is 0 Å². The lowest BCUT2D eigenvalue weighted by atomic mass is 10.0. The summed E-state index contributed by atoms with van der Waals surface area (Å²) >= 11 is 0. The van der Waals surface area contributed by atoms with Crippen molar-refractivity contribution in [1.29, 1.82) is 0 Å². The summed E-state index contributed by atoms with van der Waals surface area (Å²) in [7, 11) is 0. The maximum atomic E-state index is 9.18. The predicted molar refractivity (Wildman–Crippen MR) is 65.1 cm³/mol. The standard InChI is InChI=1S/C14H18O2/c1-11-13(3-2-4-14(11)9-15)6-5-12-7-8-16-10-12/h2-6,12,15H,7-10H2,1H3/b6-5+. The van der Waals surface area contributed by atoms with Crippen molar-refractivity contribution < 1.29 is 9.84 Å². The molecule has 2 heteroatoms. The minimum atomic E-state index is 0.111. The number of benzene rings is 1. The van der Waals surface area contributed by atoms with Gasteiger partial charge in [0.25, 0.3) is 0 Å². The lowest BCUT2D eigenvalue weighted by Crippen LogP contribution is -1.94. The van der Waals surface area contributed by atoms with Crippen LogP contribution in [0.2, 0.25) is 0 Å². The van der Waals surface area contributed by atoms with Crippen LogP contribution in [0.5, 0.6) is 0 Å². The molecule has 0 saturated carbocycles. The SMILES string of the molecule is Cc1c(/C=C/C2CCOC2)cccc1CO. The Labute approximate surface area is 96.6 Å². The number of aliphatic hydroxyl groups excluding tert-OH is 1. The van der Waals surface area contributed by atoms with Crippen LogP contribution in [0.4, 0.5) is 0 Å². The Balaban J connectivity index is 2.14. The van der Waals surface area contributed by atoms with Crippen molar-refractivity contribution in [3.8, 4) is 0 Å². The van der Waals surface area contributed by atoms with Gasteiger partial charge >= 0.3 is 0 Å². The summed E-state index contributed by atoms with van der Waals surface area (Å²) in [5, 5.41) is 9.18. The molecule has 1 aromatic carbocycles. The molecule has 1 aliphatic rings. The van der Waals surface area contributed by atoms with Crippen molar-refractivity contribution in [3.05, 3.63) is 41.0 Å². The third-order valence-corrected chi connectivity index (χ3v) is 3.17. The minimum absolute atomic E-state index is 0.111. The van der Waals surface area contributed by atoms with E-state index in [9.17, 15) is 5.11 Å². The first kappa shape index (κ1) is 11.4. The van der Waals surface area contributed by atoms with Crippen molar-refractivity contribution in [3.63, 3.8) is 0 Å².